The maximum Gasteiger partial charge on any atom is 0.253 e. The van der Waals surface area contributed by atoms with Crippen LogP contribution in [0.4, 0.5) is 0 Å². The van der Waals surface area contributed by atoms with Crippen LogP contribution in [0.2, 0.25) is 10.0 Å². The van der Waals surface area contributed by atoms with Crippen molar-refractivity contribution in [2.24, 2.45) is 0 Å². The molecular weight excluding hydrogens is 291 g/mol. The number of hydrogen-bond donors (Lipinski definition) is 1. The van der Waals surface area contributed by atoms with E-state index in [0.717, 1.165) is 10.7 Å². The van der Waals surface area contributed by atoms with Crippen LogP contribution in [0, 0.1) is 6.92 Å². The van der Waals surface area contributed by atoms with Gasteiger partial charge in [-0.15, -0.1) is 11.3 Å². The average Bonchev–Trinajstić information content (AvgIpc) is 2.72. The third-order valence-electron chi connectivity index (χ3n) is 2.24. The predicted octanol–water partition coefficient (Wildman–Crippen LogP) is 3.69. The lowest BCUT2D eigenvalue weighted by Gasteiger charge is -2.05. The Hall–Kier alpha value is -1.10. The Morgan fingerprint density at radius 3 is 2.83 bits per heavy atom. The van der Waals surface area contributed by atoms with Crippen LogP contribution in [0.25, 0.3) is 0 Å². The van der Waals surface area contributed by atoms with Crippen molar-refractivity contribution in [3.63, 3.8) is 0 Å². The maximum absolute atomic E-state index is 11.9. The van der Waals surface area contributed by atoms with Crippen molar-refractivity contribution in [1.29, 1.82) is 0 Å². The highest BCUT2D eigenvalue weighted by Gasteiger charge is 2.10. The molecule has 1 amide bonds. The molecule has 6 heteroatoms. The smallest absolute Gasteiger partial charge is 0.253 e. The summed E-state index contributed by atoms with van der Waals surface area (Å²) in [5, 5.41) is 6.43. The Labute approximate surface area is 119 Å². The standard InChI is InChI=1S/C12H10Cl2N2OS/c1-7-6-18-11(16-7)5-15-12(17)9-3-2-8(13)4-10(9)14/h2-4,6H,5H2,1H3,(H,15,17). The summed E-state index contributed by atoms with van der Waals surface area (Å²) in [5.41, 5.74) is 1.36. The van der Waals surface area contributed by atoms with Crippen LogP contribution in [0.5, 0.6) is 0 Å². The molecule has 1 aromatic carbocycles. The van der Waals surface area contributed by atoms with Crippen molar-refractivity contribution in [2.75, 3.05) is 0 Å². The molecule has 0 saturated carbocycles. The first-order valence-electron chi connectivity index (χ1n) is 5.20. The molecule has 1 N–H and O–H groups in total. The van der Waals surface area contributed by atoms with E-state index in [4.69, 9.17) is 23.2 Å². The molecule has 2 rings (SSSR count). The fourth-order valence-electron chi connectivity index (χ4n) is 1.41. The summed E-state index contributed by atoms with van der Waals surface area (Å²) in [7, 11) is 0. The van der Waals surface area contributed by atoms with E-state index < -0.39 is 0 Å². The number of nitrogens with one attached hydrogen (secondary N) is 1. The van der Waals surface area contributed by atoms with Gasteiger partial charge in [-0.05, 0) is 25.1 Å². The zero-order chi connectivity index (χ0) is 13.1. The fraction of sp³-hybridized carbons (Fsp3) is 0.167. The van der Waals surface area contributed by atoms with Gasteiger partial charge in [-0.3, -0.25) is 4.79 Å². The second-order valence-electron chi connectivity index (χ2n) is 3.69. The number of halogens is 2. The summed E-state index contributed by atoms with van der Waals surface area (Å²) in [5.74, 6) is -0.232. The second kappa shape index (κ2) is 5.69. The molecule has 94 valence electrons. The van der Waals surface area contributed by atoms with Crippen LogP contribution >= 0.6 is 34.5 Å². The number of rotatable bonds is 3. The highest BCUT2D eigenvalue weighted by atomic mass is 35.5. The van der Waals surface area contributed by atoms with E-state index in [0.29, 0.717) is 22.2 Å². The molecule has 1 heterocycles. The van der Waals surface area contributed by atoms with Gasteiger partial charge in [0.05, 0.1) is 17.1 Å². The first-order valence-corrected chi connectivity index (χ1v) is 6.84. The maximum atomic E-state index is 11.9. The number of carbonyl (C=O) groups excluding carboxylic acids is 1. The van der Waals surface area contributed by atoms with Crippen LogP contribution in [-0.4, -0.2) is 10.9 Å². The largest absolute Gasteiger partial charge is 0.345 e. The lowest BCUT2D eigenvalue weighted by Crippen LogP contribution is -2.23. The molecule has 0 unspecified atom stereocenters. The summed E-state index contributed by atoms with van der Waals surface area (Å²) in [4.78, 5) is 16.2. The number of hydrogen-bond acceptors (Lipinski definition) is 3. The first kappa shape index (κ1) is 13.3. The molecule has 0 aliphatic rings. The topological polar surface area (TPSA) is 42.0 Å². The monoisotopic (exact) mass is 300 g/mol. The van der Waals surface area contributed by atoms with Gasteiger partial charge < -0.3 is 5.32 Å². The molecule has 0 atom stereocenters. The molecule has 0 saturated heterocycles. The van der Waals surface area contributed by atoms with Gasteiger partial charge in [0.25, 0.3) is 5.91 Å². The Kier molecular flexibility index (Phi) is 4.22. The van der Waals surface area contributed by atoms with Gasteiger partial charge in [-0.1, -0.05) is 23.2 Å². The third kappa shape index (κ3) is 3.22. The number of benzene rings is 1. The quantitative estimate of drug-likeness (QED) is 0.939. The fourth-order valence-corrected chi connectivity index (χ4v) is 2.61. The van der Waals surface area contributed by atoms with Gasteiger partial charge in [0.15, 0.2) is 0 Å². The lowest BCUT2D eigenvalue weighted by atomic mass is 10.2. The van der Waals surface area contributed by atoms with Crippen LogP contribution in [0.3, 0.4) is 0 Å². The number of aryl methyl sites for hydroxylation is 1. The summed E-state index contributed by atoms with van der Waals surface area (Å²) in [6, 6.07) is 4.79. The van der Waals surface area contributed by atoms with Gasteiger partial charge in [0.1, 0.15) is 5.01 Å². The van der Waals surface area contributed by atoms with Crippen molar-refractivity contribution in [2.45, 2.75) is 13.5 Å². The SMILES string of the molecule is Cc1csc(CNC(=O)c2ccc(Cl)cc2Cl)n1. The lowest BCUT2D eigenvalue weighted by molar-refractivity contribution is 0.0951. The van der Waals surface area contributed by atoms with E-state index in [1.807, 2.05) is 12.3 Å². The number of carbonyl (C=O) groups is 1. The van der Waals surface area contributed by atoms with Crippen LogP contribution in [0.1, 0.15) is 21.1 Å². The molecule has 1 aromatic heterocycles. The minimum absolute atomic E-state index is 0.232. The predicted molar refractivity (Wildman–Crippen MR) is 74.5 cm³/mol. The number of amides is 1. The minimum Gasteiger partial charge on any atom is -0.345 e. The Morgan fingerprint density at radius 2 is 2.22 bits per heavy atom. The summed E-state index contributed by atoms with van der Waals surface area (Å²) in [6.07, 6.45) is 0. The van der Waals surface area contributed by atoms with Crippen molar-refractivity contribution in [3.8, 4) is 0 Å². The van der Waals surface area contributed by atoms with Gasteiger partial charge in [-0.25, -0.2) is 4.98 Å². The highest BCUT2D eigenvalue weighted by Crippen LogP contribution is 2.21. The molecule has 0 bridgehead atoms. The second-order valence-corrected chi connectivity index (χ2v) is 5.48. The van der Waals surface area contributed by atoms with Crippen LogP contribution in [0.15, 0.2) is 23.6 Å². The molecule has 0 aliphatic heterocycles. The van der Waals surface area contributed by atoms with E-state index in [-0.39, 0.29) is 5.91 Å². The number of aromatic nitrogens is 1. The summed E-state index contributed by atoms with van der Waals surface area (Å²) < 4.78 is 0. The van der Waals surface area contributed by atoms with Crippen LogP contribution < -0.4 is 5.32 Å². The van der Waals surface area contributed by atoms with E-state index in [1.54, 1.807) is 18.2 Å². The molecule has 0 spiro atoms. The summed E-state index contributed by atoms with van der Waals surface area (Å²) in [6.45, 7) is 2.31. The summed E-state index contributed by atoms with van der Waals surface area (Å²) >= 11 is 13.2. The molecule has 18 heavy (non-hydrogen) atoms. The van der Waals surface area contributed by atoms with Gasteiger partial charge >= 0.3 is 0 Å². The van der Waals surface area contributed by atoms with Gasteiger partial charge in [0, 0.05) is 16.1 Å². The molecular formula is C12H10Cl2N2OS. The molecule has 0 radical (unpaired) electrons. The Balaban J connectivity index is 2.03. The van der Waals surface area contributed by atoms with Crippen molar-refractivity contribution in [1.82, 2.24) is 10.3 Å². The molecule has 3 nitrogen and oxygen atoms in total. The zero-order valence-corrected chi connectivity index (χ0v) is 11.9. The van der Waals surface area contributed by atoms with Crippen LogP contribution in [-0.2, 0) is 6.54 Å². The van der Waals surface area contributed by atoms with E-state index >= 15 is 0 Å². The van der Waals surface area contributed by atoms with Crippen molar-refractivity contribution < 1.29 is 4.79 Å². The third-order valence-corrected chi connectivity index (χ3v) is 3.76. The number of nitrogens with zero attached hydrogens (tertiary/aromatic N) is 1. The zero-order valence-electron chi connectivity index (χ0n) is 9.54. The normalized spacial score (nSPS) is 10.4. The average molecular weight is 301 g/mol. The molecule has 0 fully saturated rings. The molecule has 0 aliphatic carbocycles. The van der Waals surface area contributed by atoms with E-state index in [1.165, 1.54) is 11.3 Å². The van der Waals surface area contributed by atoms with Gasteiger partial charge in [-0.2, -0.15) is 0 Å². The van der Waals surface area contributed by atoms with E-state index in [9.17, 15) is 4.79 Å². The minimum atomic E-state index is -0.232. The number of thiazole rings is 1. The van der Waals surface area contributed by atoms with Gasteiger partial charge in [0.2, 0.25) is 0 Å². The highest BCUT2D eigenvalue weighted by molar-refractivity contribution is 7.09. The Morgan fingerprint density at radius 1 is 1.44 bits per heavy atom. The van der Waals surface area contributed by atoms with Crippen molar-refractivity contribution in [3.05, 3.63) is 49.9 Å². The molecule has 2 aromatic rings. The Bertz CT molecular complexity index is 583. The van der Waals surface area contributed by atoms with E-state index in [2.05, 4.69) is 10.3 Å². The first-order chi connectivity index (χ1) is 8.56. The van der Waals surface area contributed by atoms with Crippen molar-refractivity contribution >= 4 is 40.4 Å².